The van der Waals surface area contributed by atoms with Gasteiger partial charge in [0, 0.05) is 43.7 Å². The van der Waals surface area contributed by atoms with Gasteiger partial charge in [0.2, 0.25) is 5.91 Å². The van der Waals surface area contributed by atoms with Crippen LogP contribution in [0, 0.1) is 0 Å². The predicted molar refractivity (Wildman–Crippen MR) is 125 cm³/mol. The molecule has 0 saturated carbocycles. The Labute approximate surface area is 191 Å². The monoisotopic (exact) mass is 450 g/mol. The van der Waals surface area contributed by atoms with E-state index in [1.807, 2.05) is 60.7 Å². The molecule has 0 radical (unpaired) electrons. The van der Waals surface area contributed by atoms with Gasteiger partial charge >= 0.3 is 0 Å². The number of thiazole rings is 1. The third-order valence-corrected chi connectivity index (χ3v) is 5.97. The molecular weight excluding hydrogens is 424 g/mol. The maximum atomic E-state index is 13.3. The first-order chi connectivity index (χ1) is 15.7. The number of ether oxygens (including phenoxy) is 1. The van der Waals surface area contributed by atoms with Crippen LogP contribution in [-0.2, 0) is 16.1 Å². The molecule has 166 valence electrons. The van der Waals surface area contributed by atoms with Crippen molar-refractivity contribution in [3.63, 3.8) is 0 Å². The van der Waals surface area contributed by atoms with Crippen LogP contribution in [0.5, 0.6) is 0 Å². The van der Waals surface area contributed by atoms with Gasteiger partial charge in [-0.2, -0.15) is 0 Å². The van der Waals surface area contributed by atoms with Crippen molar-refractivity contribution in [3.05, 3.63) is 77.3 Å². The van der Waals surface area contributed by atoms with Crippen LogP contribution in [-0.4, -0.2) is 59.4 Å². The number of amides is 2. The number of carbonyl (C=O) groups is 2. The number of benzene rings is 2. The third-order valence-electron chi connectivity index (χ3n) is 5.21. The van der Waals surface area contributed by atoms with E-state index < -0.39 is 0 Å². The lowest BCUT2D eigenvalue weighted by atomic mass is 10.2. The Hall–Kier alpha value is -3.23. The molecule has 0 atom stereocenters. The van der Waals surface area contributed by atoms with Crippen molar-refractivity contribution in [2.24, 2.45) is 0 Å². The number of nitrogens with zero attached hydrogens (tertiary/aromatic N) is 3. The molecule has 1 fully saturated rings. The van der Waals surface area contributed by atoms with E-state index in [1.165, 1.54) is 11.3 Å². The molecule has 7 nitrogen and oxygen atoms in total. The van der Waals surface area contributed by atoms with Crippen molar-refractivity contribution in [2.45, 2.75) is 13.0 Å². The van der Waals surface area contributed by atoms with Crippen molar-refractivity contribution in [1.82, 2.24) is 14.8 Å². The lowest BCUT2D eigenvalue weighted by Gasteiger charge is -2.28. The van der Waals surface area contributed by atoms with Crippen molar-refractivity contribution in [2.75, 3.05) is 38.2 Å². The van der Waals surface area contributed by atoms with E-state index in [-0.39, 0.29) is 18.2 Å². The van der Waals surface area contributed by atoms with Gasteiger partial charge < -0.3 is 19.9 Å². The average Bonchev–Trinajstić information content (AvgIpc) is 3.31. The van der Waals surface area contributed by atoms with Crippen LogP contribution in [0.4, 0.5) is 10.8 Å². The molecule has 1 N–H and O–H groups in total. The van der Waals surface area contributed by atoms with Crippen LogP contribution >= 0.6 is 11.3 Å². The first-order valence-electron chi connectivity index (χ1n) is 10.7. The number of nitrogens with one attached hydrogen (secondary N) is 1. The van der Waals surface area contributed by atoms with Crippen molar-refractivity contribution < 1.29 is 14.3 Å². The highest BCUT2D eigenvalue weighted by Crippen LogP contribution is 2.22. The number of hydrogen-bond donors (Lipinski definition) is 1. The summed E-state index contributed by atoms with van der Waals surface area (Å²) in [4.78, 5) is 33.9. The second-order valence-electron chi connectivity index (χ2n) is 7.48. The van der Waals surface area contributed by atoms with Gasteiger partial charge in [0.15, 0.2) is 5.13 Å². The molecule has 0 aliphatic carbocycles. The highest BCUT2D eigenvalue weighted by Gasteiger charge is 2.22. The molecule has 1 aliphatic heterocycles. The predicted octanol–water partition coefficient (Wildman–Crippen LogP) is 3.78. The molecule has 2 amide bonds. The van der Waals surface area contributed by atoms with Gasteiger partial charge in [-0.3, -0.25) is 9.59 Å². The van der Waals surface area contributed by atoms with Gasteiger partial charge in [-0.05, 0) is 17.7 Å². The van der Waals surface area contributed by atoms with E-state index in [9.17, 15) is 9.59 Å². The Kier molecular flexibility index (Phi) is 7.47. The largest absolute Gasteiger partial charge is 0.378 e. The van der Waals surface area contributed by atoms with Gasteiger partial charge in [-0.15, -0.1) is 11.3 Å². The number of carbonyl (C=O) groups excluding carboxylic acids is 2. The summed E-state index contributed by atoms with van der Waals surface area (Å²) >= 11 is 1.38. The van der Waals surface area contributed by atoms with E-state index in [2.05, 4.69) is 10.3 Å². The molecule has 3 aromatic rings. The fourth-order valence-corrected chi connectivity index (χ4v) is 4.20. The smallest absolute Gasteiger partial charge is 0.273 e. The van der Waals surface area contributed by atoms with E-state index in [1.54, 1.807) is 15.2 Å². The first kappa shape index (κ1) is 22.0. The first-order valence-corrected chi connectivity index (χ1v) is 11.5. The quantitative estimate of drug-likeness (QED) is 0.565. The number of anilines is 2. The minimum absolute atomic E-state index is 0.0453. The molecule has 1 aromatic heterocycles. The Balaban J connectivity index is 1.44. The molecule has 0 unspecified atom stereocenters. The van der Waals surface area contributed by atoms with Crippen LogP contribution in [0.15, 0.2) is 66.0 Å². The van der Waals surface area contributed by atoms with Gasteiger partial charge in [0.25, 0.3) is 5.91 Å². The molecule has 4 rings (SSSR count). The van der Waals surface area contributed by atoms with Crippen LogP contribution in [0.25, 0.3) is 0 Å². The lowest BCUT2D eigenvalue weighted by molar-refractivity contribution is -0.135. The summed E-state index contributed by atoms with van der Waals surface area (Å²) in [6, 6.07) is 19.5. The lowest BCUT2D eigenvalue weighted by Crippen LogP contribution is -2.42. The Morgan fingerprint density at radius 3 is 2.44 bits per heavy atom. The van der Waals surface area contributed by atoms with Crippen molar-refractivity contribution >= 4 is 34.0 Å². The van der Waals surface area contributed by atoms with Gasteiger partial charge in [0.05, 0.1) is 13.2 Å². The summed E-state index contributed by atoms with van der Waals surface area (Å²) in [6.07, 6.45) is 0.276. The maximum absolute atomic E-state index is 13.3. The summed E-state index contributed by atoms with van der Waals surface area (Å²) in [7, 11) is 0. The van der Waals surface area contributed by atoms with Crippen molar-refractivity contribution in [1.29, 1.82) is 0 Å². The van der Waals surface area contributed by atoms with E-state index in [0.29, 0.717) is 50.2 Å². The zero-order chi connectivity index (χ0) is 22.2. The van der Waals surface area contributed by atoms with Crippen molar-refractivity contribution in [3.8, 4) is 0 Å². The number of morpholine rings is 1. The van der Waals surface area contributed by atoms with E-state index in [4.69, 9.17) is 4.74 Å². The molecular formula is C24H26N4O3S. The summed E-state index contributed by atoms with van der Waals surface area (Å²) in [5, 5.41) is 5.64. The standard InChI is InChI=1S/C24H26N4O3S/c29-22(27-13-15-31-16-14-27)11-12-28(17-19-7-3-1-4-8-19)23(30)21-18-32-24(26-21)25-20-9-5-2-6-10-20/h1-10,18H,11-17H2,(H,25,26). The average molecular weight is 451 g/mol. The number of hydrogen-bond acceptors (Lipinski definition) is 6. The van der Waals surface area contributed by atoms with Crippen LogP contribution < -0.4 is 5.32 Å². The zero-order valence-electron chi connectivity index (χ0n) is 17.8. The Morgan fingerprint density at radius 1 is 1.03 bits per heavy atom. The van der Waals surface area contributed by atoms with Crippen LogP contribution in [0.1, 0.15) is 22.5 Å². The normalized spacial score (nSPS) is 13.6. The Bertz CT molecular complexity index is 1020. The molecule has 2 heterocycles. The highest BCUT2D eigenvalue weighted by molar-refractivity contribution is 7.14. The zero-order valence-corrected chi connectivity index (χ0v) is 18.6. The van der Waals surface area contributed by atoms with Gasteiger partial charge in [0.1, 0.15) is 5.69 Å². The van der Waals surface area contributed by atoms with Crippen LogP contribution in [0.2, 0.25) is 0 Å². The summed E-state index contributed by atoms with van der Waals surface area (Å²) in [5.74, 6) is -0.134. The summed E-state index contributed by atoms with van der Waals surface area (Å²) in [6.45, 7) is 3.10. The fraction of sp³-hybridized carbons (Fsp3) is 0.292. The summed E-state index contributed by atoms with van der Waals surface area (Å²) < 4.78 is 5.32. The molecule has 32 heavy (non-hydrogen) atoms. The minimum atomic E-state index is -0.180. The SMILES string of the molecule is O=C(CCN(Cc1ccccc1)C(=O)c1csc(Nc2ccccc2)n1)N1CCOCC1. The fourth-order valence-electron chi connectivity index (χ4n) is 3.49. The highest BCUT2D eigenvalue weighted by atomic mass is 32.1. The molecule has 0 spiro atoms. The third kappa shape index (κ3) is 5.93. The number of aromatic nitrogens is 1. The Morgan fingerprint density at radius 2 is 1.72 bits per heavy atom. The number of para-hydroxylation sites is 1. The van der Waals surface area contributed by atoms with E-state index in [0.717, 1.165) is 11.3 Å². The second-order valence-corrected chi connectivity index (χ2v) is 8.34. The molecule has 2 aromatic carbocycles. The molecule has 1 saturated heterocycles. The second kappa shape index (κ2) is 10.9. The van der Waals surface area contributed by atoms with E-state index >= 15 is 0 Å². The topological polar surface area (TPSA) is 74.8 Å². The maximum Gasteiger partial charge on any atom is 0.273 e. The van der Waals surface area contributed by atoms with Gasteiger partial charge in [-0.25, -0.2) is 4.98 Å². The molecule has 8 heteroatoms. The van der Waals surface area contributed by atoms with Gasteiger partial charge in [-0.1, -0.05) is 48.5 Å². The number of rotatable bonds is 8. The van der Waals surface area contributed by atoms with Crippen LogP contribution in [0.3, 0.4) is 0 Å². The summed E-state index contributed by atoms with van der Waals surface area (Å²) in [5.41, 5.74) is 2.30. The molecule has 1 aliphatic rings. The molecule has 0 bridgehead atoms. The minimum Gasteiger partial charge on any atom is -0.378 e.